The number of anilines is 1. The summed E-state index contributed by atoms with van der Waals surface area (Å²) in [6, 6.07) is 11.1. The van der Waals surface area contributed by atoms with Crippen LogP contribution < -0.4 is 5.32 Å². The molecule has 0 radical (unpaired) electrons. The van der Waals surface area contributed by atoms with E-state index >= 15 is 0 Å². The Morgan fingerprint density at radius 1 is 1.24 bits per heavy atom. The van der Waals surface area contributed by atoms with Crippen LogP contribution in [0.25, 0.3) is 11.0 Å². The van der Waals surface area contributed by atoms with Crippen LogP contribution in [0.5, 0.6) is 0 Å². The van der Waals surface area contributed by atoms with Crippen LogP contribution in [0.4, 0.5) is 10.1 Å². The second-order valence-electron chi connectivity index (χ2n) is 5.30. The number of aryl methyl sites for hydroxylation is 1. The molecule has 0 aliphatic heterocycles. The number of hydrogen-bond acceptors (Lipinski definition) is 4. The number of hydrogen-bond donors (Lipinski definition) is 1. The van der Waals surface area contributed by atoms with E-state index in [-0.39, 0.29) is 11.4 Å². The molecule has 0 atom stereocenters. The molecule has 2 aromatic carbocycles. The van der Waals surface area contributed by atoms with Crippen molar-refractivity contribution >= 4 is 44.5 Å². The van der Waals surface area contributed by atoms with Gasteiger partial charge in [-0.2, -0.15) is 0 Å². The van der Waals surface area contributed by atoms with Crippen molar-refractivity contribution in [2.45, 2.75) is 6.92 Å². The summed E-state index contributed by atoms with van der Waals surface area (Å²) in [7, 11) is 0. The summed E-state index contributed by atoms with van der Waals surface area (Å²) in [5.41, 5.74) is 1.19. The van der Waals surface area contributed by atoms with E-state index in [1.54, 1.807) is 25.1 Å². The largest absolute Gasteiger partial charge is 0.450 e. The maximum atomic E-state index is 13.5. The summed E-state index contributed by atoms with van der Waals surface area (Å²) in [4.78, 5) is 24.0. The van der Waals surface area contributed by atoms with Crippen LogP contribution in [0.2, 0.25) is 0 Å². The highest BCUT2D eigenvalue weighted by molar-refractivity contribution is 9.10. The molecule has 1 N–H and O–H groups in total. The molecular weight excluding hydrogens is 393 g/mol. The van der Waals surface area contributed by atoms with Crippen molar-refractivity contribution in [1.82, 2.24) is 0 Å². The Labute approximate surface area is 150 Å². The van der Waals surface area contributed by atoms with E-state index in [2.05, 4.69) is 21.2 Å². The standard InChI is InChI=1S/C18H13BrFNO4/c1-10-12-8-11(19)6-7-15(12)25-17(10)18(23)24-9-16(22)21-14-5-3-2-4-13(14)20/h2-8H,9H2,1H3,(H,21,22). The topological polar surface area (TPSA) is 68.5 Å². The van der Waals surface area contributed by atoms with Gasteiger partial charge in [-0.3, -0.25) is 4.79 Å². The number of esters is 1. The number of amides is 1. The van der Waals surface area contributed by atoms with Crippen LogP contribution >= 0.6 is 15.9 Å². The Hall–Kier alpha value is -2.67. The molecule has 0 aliphatic carbocycles. The smallest absolute Gasteiger partial charge is 0.375 e. The van der Waals surface area contributed by atoms with Crippen molar-refractivity contribution in [2.75, 3.05) is 11.9 Å². The molecule has 0 fully saturated rings. The number of carbonyl (C=O) groups is 2. The van der Waals surface area contributed by atoms with E-state index in [0.717, 1.165) is 9.86 Å². The third kappa shape index (κ3) is 3.71. The molecule has 3 aromatic rings. The van der Waals surface area contributed by atoms with Gasteiger partial charge in [-0.05, 0) is 37.3 Å². The molecule has 0 spiro atoms. The number of halogens is 2. The number of nitrogens with one attached hydrogen (secondary N) is 1. The molecule has 5 nitrogen and oxygen atoms in total. The first-order valence-corrected chi connectivity index (χ1v) is 8.15. The maximum Gasteiger partial charge on any atom is 0.375 e. The Bertz CT molecular complexity index is 967. The van der Waals surface area contributed by atoms with Gasteiger partial charge in [0, 0.05) is 15.4 Å². The van der Waals surface area contributed by atoms with E-state index in [1.165, 1.54) is 18.2 Å². The SMILES string of the molecule is Cc1c(C(=O)OCC(=O)Nc2ccccc2F)oc2ccc(Br)cc12. The minimum atomic E-state index is -0.756. The third-order valence-corrected chi connectivity index (χ3v) is 4.06. The lowest BCUT2D eigenvalue weighted by Crippen LogP contribution is -2.21. The van der Waals surface area contributed by atoms with E-state index in [4.69, 9.17) is 9.15 Å². The summed E-state index contributed by atoms with van der Waals surface area (Å²) >= 11 is 3.36. The zero-order chi connectivity index (χ0) is 18.0. The molecule has 1 amide bonds. The van der Waals surface area contributed by atoms with Gasteiger partial charge < -0.3 is 14.5 Å². The Balaban J connectivity index is 1.67. The second-order valence-corrected chi connectivity index (χ2v) is 6.22. The predicted molar refractivity (Wildman–Crippen MR) is 94.0 cm³/mol. The highest BCUT2D eigenvalue weighted by Crippen LogP contribution is 2.28. The molecule has 0 saturated carbocycles. The monoisotopic (exact) mass is 405 g/mol. The fourth-order valence-electron chi connectivity index (χ4n) is 2.33. The number of furan rings is 1. The van der Waals surface area contributed by atoms with Crippen LogP contribution in [0.3, 0.4) is 0 Å². The molecule has 0 unspecified atom stereocenters. The van der Waals surface area contributed by atoms with Gasteiger partial charge in [-0.1, -0.05) is 28.1 Å². The van der Waals surface area contributed by atoms with E-state index in [9.17, 15) is 14.0 Å². The van der Waals surface area contributed by atoms with Gasteiger partial charge in [0.25, 0.3) is 5.91 Å². The van der Waals surface area contributed by atoms with Crippen molar-refractivity contribution in [3.63, 3.8) is 0 Å². The summed E-state index contributed by atoms with van der Waals surface area (Å²) in [5.74, 6) is -1.93. The molecule has 25 heavy (non-hydrogen) atoms. The molecule has 0 bridgehead atoms. The number of benzene rings is 2. The number of ether oxygens (including phenoxy) is 1. The van der Waals surface area contributed by atoms with E-state index < -0.39 is 24.3 Å². The zero-order valence-electron chi connectivity index (χ0n) is 13.1. The van der Waals surface area contributed by atoms with Gasteiger partial charge in [0.15, 0.2) is 6.61 Å². The Morgan fingerprint density at radius 3 is 2.76 bits per heavy atom. The van der Waals surface area contributed by atoms with Gasteiger partial charge in [-0.15, -0.1) is 0 Å². The molecule has 7 heteroatoms. The predicted octanol–water partition coefficient (Wildman–Crippen LogP) is 4.44. The summed E-state index contributed by atoms with van der Waals surface area (Å²) in [6.45, 7) is 1.18. The van der Waals surface area contributed by atoms with Crippen LogP contribution in [-0.4, -0.2) is 18.5 Å². The Morgan fingerprint density at radius 2 is 2.00 bits per heavy atom. The lowest BCUT2D eigenvalue weighted by Gasteiger charge is -2.06. The molecule has 3 rings (SSSR count). The zero-order valence-corrected chi connectivity index (χ0v) is 14.7. The fourth-order valence-corrected chi connectivity index (χ4v) is 2.69. The first-order chi connectivity index (χ1) is 12.0. The first kappa shape index (κ1) is 17.2. The fraction of sp³-hybridized carbons (Fsp3) is 0.111. The highest BCUT2D eigenvalue weighted by atomic mass is 79.9. The average Bonchev–Trinajstić information content (AvgIpc) is 2.91. The lowest BCUT2D eigenvalue weighted by atomic mass is 10.1. The van der Waals surface area contributed by atoms with Crippen molar-refractivity contribution < 1.29 is 23.1 Å². The molecule has 0 saturated heterocycles. The number of carbonyl (C=O) groups excluding carboxylic acids is 2. The molecular formula is C18H13BrFNO4. The van der Waals surface area contributed by atoms with Gasteiger partial charge >= 0.3 is 5.97 Å². The average molecular weight is 406 g/mol. The third-order valence-electron chi connectivity index (χ3n) is 3.57. The van der Waals surface area contributed by atoms with Crippen LogP contribution in [-0.2, 0) is 9.53 Å². The summed E-state index contributed by atoms with van der Waals surface area (Å²) in [5, 5.41) is 3.11. The minimum Gasteiger partial charge on any atom is -0.450 e. The molecule has 0 aliphatic rings. The number of fused-ring (bicyclic) bond motifs is 1. The van der Waals surface area contributed by atoms with Crippen LogP contribution in [0, 0.1) is 12.7 Å². The van der Waals surface area contributed by atoms with Crippen LogP contribution in [0.15, 0.2) is 51.4 Å². The minimum absolute atomic E-state index is 0.0216. The van der Waals surface area contributed by atoms with Gasteiger partial charge in [-0.25, -0.2) is 9.18 Å². The molecule has 1 heterocycles. The number of para-hydroxylation sites is 1. The van der Waals surface area contributed by atoms with E-state index in [0.29, 0.717) is 11.1 Å². The van der Waals surface area contributed by atoms with Crippen molar-refractivity contribution in [2.24, 2.45) is 0 Å². The van der Waals surface area contributed by atoms with Crippen molar-refractivity contribution in [3.05, 3.63) is 64.1 Å². The van der Waals surface area contributed by atoms with Gasteiger partial charge in [0.2, 0.25) is 5.76 Å². The van der Waals surface area contributed by atoms with E-state index in [1.807, 2.05) is 6.07 Å². The second kappa shape index (κ2) is 7.06. The molecule has 128 valence electrons. The van der Waals surface area contributed by atoms with Crippen molar-refractivity contribution in [3.8, 4) is 0 Å². The Kier molecular flexibility index (Phi) is 4.85. The number of rotatable bonds is 4. The summed E-state index contributed by atoms with van der Waals surface area (Å²) < 4.78 is 24.8. The van der Waals surface area contributed by atoms with Gasteiger partial charge in [0.1, 0.15) is 11.4 Å². The summed E-state index contributed by atoms with van der Waals surface area (Å²) in [6.07, 6.45) is 0. The highest BCUT2D eigenvalue weighted by Gasteiger charge is 2.20. The van der Waals surface area contributed by atoms with Gasteiger partial charge in [0.05, 0.1) is 5.69 Å². The molecule has 1 aromatic heterocycles. The van der Waals surface area contributed by atoms with Crippen LogP contribution in [0.1, 0.15) is 16.1 Å². The first-order valence-electron chi connectivity index (χ1n) is 7.36. The maximum absolute atomic E-state index is 13.5. The van der Waals surface area contributed by atoms with Crippen molar-refractivity contribution in [1.29, 1.82) is 0 Å². The quantitative estimate of drug-likeness (QED) is 0.651. The lowest BCUT2D eigenvalue weighted by molar-refractivity contribution is -0.119. The normalized spacial score (nSPS) is 10.7.